The van der Waals surface area contributed by atoms with Gasteiger partial charge in [-0.05, 0) is 26.0 Å². The number of carbonyl (C=O) groups is 2. The summed E-state index contributed by atoms with van der Waals surface area (Å²) >= 11 is 0. The molecule has 4 rings (SSSR count). The van der Waals surface area contributed by atoms with Crippen molar-refractivity contribution < 1.29 is 23.8 Å². The van der Waals surface area contributed by atoms with Crippen molar-refractivity contribution in [1.82, 2.24) is 4.90 Å². The van der Waals surface area contributed by atoms with Gasteiger partial charge < -0.3 is 19.1 Å². The molecule has 0 radical (unpaired) electrons. The van der Waals surface area contributed by atoms with Crippen molar-refractivity contribution in [2.24, 2.45) is 0 Å². The minimum absolute atomic E-state index is 0.0300. The third-order valence-electron chi connectivity index (χ3n) is 5.03. The lowest BCUT2D eigenvalue weighted by atomic mass is 9.88. The predicted molar refractivity (Wildman–Crippen MR) is 102 cm³/mol. The summed E-state index contributed by atoms with van der Waals surface area (Å²) in [4.78, 5) is 27.2. The van der Waals surface area contributed by atoms with Crippen molar-refractivity contribution >= 4 is 11.9 Å². The van der Waals surface area contributed by atoms with Gasteiger partial charge in [-0.3, -0.25) is 9.59 Å². The highest BCUT2D eigenvalue weighted by Crippen LogP contribution is 2.44. The second-order valence-corrected chi connectivity index (χ2v) is 7.27. The third kappa shape index (κ3) is 3.60. The molecule has 0 aromatic heterocycles. The maximum Gasteiger partial charge on any atom is 0.318 e. The van der Waals surface area contributed by atoms with E-state index >= 15 is 0 Å². The predicted octanol–water partition coefficient (Wildman–Crippen LogP) is 3.10. The van der Waals surface area contributed by atoms with Crippen molar-refractivity contribution in [1.29, 1.82) is 0 Å². The summed E-state index contributed by atoms with van der Waals surface area (Å²) in [6.45, 7) is 4.59. The molecule has 6 heteroatoms. The molecule has 0 saturated carbocycles. The molecule has 0 spiro atoms. The number of morpholine rings is 1. The fraction of sp³-hybridized carbons (Fsp3) is 0.364. The van der Waals surface area contributed by atoms with Gasteiger partial charge in [0.1, 0.15) is 17.4 Å². The SMILES string of the molecule is CC1CN(C(=O)COC(=O)C2c3ccccc3Oc3ccccc32)CC(C)O1. The van der Waals surface area contributed by atoms with Crippen LogP contribution in [0, 0.1) is 0 Å². The lowest BCUT2D eigenvalue weighted by Crippen LogP contribution is -2.49. The number of esters is 1. The molecule has 2 aromatic rings. The summed E-state index contributed by atoms with van der Waals surface area (Å²) in [7, 11) is 0. The maximum atomic E-state index is 13.0. The Morgan fingerprint density at radius 1 is 0.964 bits per heavy atom. The lowest BCUT2D eigenvalue weighted by molar-refractivity contribution is -0.157. The number of fused-ring (bicyclic) bond motifs is 2. The van der Waals surface area contributed by atoms with Crippen LogP contribution in [0.2, 0.25) is 0 Å². The molecule has 146 valence electrons. The van der Waals surface area contributed by atoms with Gasteiger partial charge >= 0.3 is 5.97 Å². The van der Waals surface area contributed by atoms with Crippen LogP contribution in [0.4, 0.5) is 0 Å². The van der Waals surface area contributed by atoms with Crippen LogP contribution in [-0.4, -0.2) is 48.7 Å². The molecule has 6 nitrogen and oxygen atoms in total. The standard InChI is InChI=1S/C22H23NO5/c1-14-11-23(12-15(2)27-14)20(24)13-26-22(25)21-16-7-3-5-9-18(16)28-19-10-6-4-8-17(19)21/h3-10,14-15,21H,11-13H2,1-2H3. The first-order valence-electron chi connectivity index (χ1n) is 9.48. The summed E-state index contributed by atoms with van der Waals surface area (Å²) in [5.41, 5.74) is 1.49. The number of benzene rings is 2. The normalized spacial score (nSPS) is 21.3. The molecule has 1 amide bonds. The molecular weight excluding hydrogens is 358 g/mol. The van der Waals surface area contributed by atoms with Crippen LogP contribution in [0.25, 0.3) is 0 Å². The summed E-state index contributed by atoms with van der Waals surface area (Å²) in [6, 6.07) is 14.8. The molecule has 1 saturated heterocycles. The molecule has 2 aliphatic heterocycles. The van der Waals surface area contributed by atoms with E-state index in [1.54, 1.807) is 4.90 Å². The fourth-order valence-corrected chi connectivity index (χ4v) is 3.85. The average Bonchev–Trinajstić information content (AvgIpc) is 2.69. The number of nitrogens with zero attached hydrogens (tertiary/aromatic N) is 1. The molecule has 28 heavy (non-hydrogen) atoms. The number of carbonyl (C=O) groups excluding carboxylic acids is 2. The molecule has 2 unspecified atom stereocenters. The number of hydrogen-bond acceptors (Lipinski definition) is 5. The zero-order valence-corrected chi connectivity index (χ0v) is 16.0. The molecule has 0 N–H and O–H groups in total. The monoisotopic (exact) mass is 381 g/mol. The van der Waals surface area contributed by atoms with E-state index in [1.165, 1.54) is 0 Å². The van der Waals surface area contributed by atoms with E-state index in [0.717, 1.165) is 11.1 Å². The number of amides is 1. The topological polar surface area (TPSA) is 65.1 Å². The quantitative estimate of drug-likeness (QED) is 0.765. The minimum Gasteiger partial charge on any atom is -0.457 e. The summed E-state index contributed by atoms with van der Waals surface area (Å²) in [6.07, 6.45) is -0.0599. The van der Waals surface area contributed by atoms with Crippen LogP contribution < -0.4 is 4.74 Å². The molecule has 2 aliphatic rings. The molecule has 2 heterocycles. The van der Waals surface area contributed by atoms with Gasteiger partial charge in [0.15, 0.2) is 6.61 Å². The molecule has 1 fully saturated rings. The molecule has 0 aliphatic carbocycles. The molecule has 2 aromatic carbocycles. The van der Waals surface area contributed by atoms with Crippen molar-refractivity contribution in [3.63, 3.8) is 0 Å². The minimum atomic E-state index is -0.614. The Morgan fingerprint density at radius 2 is 1.50 bits per heavy atom. The van der Waals surface area contributed by atoms with E-state index < -0.39 is 11.9 Å². The van der Waals surface area contributed by atoms with Gasteiger partial charge in [0.2, 0.25) is 0 Å². The Hall–Kier alpha value is -2.86. The average molecular weight is 381 g/mol. The number of para-hydroxylation sites is 2. The largest absolute Gasteiger partial charge is 0.457 e. The van der Waals surface area contributed by atoms with Crippen molar-refractivity contribution in [2.75, 3.05) is 19.7 Å². The Bertz CT molecular complexity index is 841. The fourth-order valence-electron chi connectivity index (χ4n) is 3.85. The molecule has 0 bridgehead atoms. The Morgan fingerprint density at radius 3 is 2.07 bits per heavy atom. The van der Waals surface area contributed by atoms with Crippen LogP contribution in [0.5, 0.6) is 11.5 Å². The van der Waals surface area contributed by atoms with Gasteiger partial charge in [-0.2, -0.15) is 0 Å². The maximum absolute atomic E-state index is 13.0. The van der Waals surface area contributed by atoms with Crippen LogP contribution in [0.3, 0.4) is 0 Å². The first-order chi connectivity index (χ1) is 13.5. The second-order valence-electron chi connectivity index (χ2n) is 7.27. The van der Waals surface area contributed by atoms with Crippen LogP contribution in [0.15, 0.2) is 48.5 Å². The van der Waals surface area contributed by atoms with E-state index in [-0.39, 0.29) is 24.7 Å². The number of ether oxygens (including phenoxy) is 3. The number of hydrogen-bond donors (Lipinski definition) is 0. The lowest BCUT2D eigenvalue weighted by Gasteiger charge is -2.35. The highest BCUT2D eigenvalue weighted by Gasteiger charge is 2.34. The Kier molecular flexibility index (Phi) is 5.05. The van der Waals surface area contributed by atoms with E-state index in [4.69, 9.17) is 14.2 Å². The van der Waals surface area contributed by atoms with Crippen LogP contribution in [-0.2, 0) is 19.1 Å². The van der Waals surface area contributed by atoms with Gasteiger partial charge in [-0.15, -0.1) is 0 Å². The molecule has 2 atom stereocenters. The second kappa shape index (κ2) is 7.64. The van der Waals surface area contributed by atoms with Gasteiger partial charge in [-0.25, -0.2) is 0 Å². The highest BCUT2D eigenvalue weighted by molar-refractivity contribution is 5.87. The van der Waals surface area contributed by atoms with Gasteiger partial charge in [0.25, 0.3) is 5.91 Å². The zero-order valence-electron chi connectivity index (χ0n) is 16.0. The number of rotatable bonds is 3. The molecular formula is C22H23NO5. The van der Waals surface area contributed by atoms with E-state index in [0.29, 0.717) is 24.6 Å². The first kappa shape index (κ1) is 18.5. The van der Waals surface area contributed by atoms with Gasteiger partial charge in [0, 0.05) is 24.2 Å². The van der Waals surface area contributed by atoms with Crippen molar-refractivity contribution in [3.8, 4) is 11.5 Å². The smallest absolute Gasteiger partial charge is 0.318 e. The summed E-state index contributed by atoms with van der Waals surface area (Å²) in [5.74, 6) is -0.0121. The van der Waals surface area contributed by atoms with Crippen LogP contribution in [0.1, 0.15) is 30.9 Å². The van der Waals surface area contributed by atoms with E-state index in [1.807, 2.05) is 62.4 Å². The zero-order chi connectivity index (χ0) is 19.7. The Labute approximate surface area is 164 Å². The highest BCUT2D eigenvalue weighted by atomic mass is 16.5. The van der Waals surface area contributed by atoms with Gasteiger partial charge in [-0.1, -0.05) is 36.4 Å². The van der Waals surface area contributed by atoms with Crippen LogP contribution >= 0.6 is 0 Å². The van der Waals surface area contributed by atoms with E-state index in [2.05, 4.69) is 0 Å². The first-order valence-corrected chi connectivity index (χ1v) is 9.48. The van der Waals surface area contributed by atoms with Crippen molar-refractivity contribution in [3.05, 3.63) is 59.7 Å². The summed E-state index contributed by atoms with van der Waals surface area (Å²) < 4.78 is 17.0. The third-order valence-corrected chi connectivity index (χ3v) is 5.03. The van der Waals surface area contributed by atoms with Crippen molar-refractivity contribution in [2.45, 2.75) is 32.0 Å². The van der Waals surface area contributed by atoms with Gasteiger partial charge in [0.05, 0.1) is 12.2 Å². The summed E-state index contributed by atoms with van der Waals surface area (Å²) in [5, 5.41) is 0. The Balaban J connectivity index is 1.50. The van der Waals surface area contributed by atoms with E-state index in [9.17, 15) is 9.59 Å².